The fraction of sp³-hybridized carbons (Fsp3) is 0.500. The molecule has 6 aromatic rings. The summed E-state index contributed by atoms with van der Waals surface area (Å²) < 4.78 is 0. The number of carbonyl (C=O) groups is 15. The molecule has 2 aromatic heterocycles. The summed E-state index contributed by atoms with van der Waals surface area (Å²) in [6, 6.07) is 8.31. The zero-order valence-corrected chi connectivity index (χ0v) is 70.6. The van der Waals surface area contributed by atoms with E-state index in [1.54, 1.807) is 109 Å². The number of H-pyrrole nitrogens is 2. The molecule has 7 rings (SSSR count). The highest BCUT2D eigenvalue weighted by Crippen LogP contribution is 2.24. The number of benzene rings is 4. The summed E-state index contributed by atoms with van der Waals surface area (Å²) in [7, 11) is 0. The summed E-state index contributed by atoms with van der Waals surface area (Å²) >= 11 is 0.873. The highest BCUT2D eigenvalue weighted by molar-refractivity contribution is 8.00. The number of hydrogen-bond donors (Lipinski definition) is 22. The topological polar surface area (TPSA) is 598 Å². The van der Waals surface area contributed by atoms with E-state index in [0.717, 1.165) is 22.5 Å². The second-order valence-electron chi connectivity index (χ2n) is 31.0. The number of nitrogens with one attached hydrogen (secondary N) is 17. The number of aromatic nitrogens is 2. The summed E-state index contributed by atoms with van der Waals surface area (Å²) in [5.41, 5.74) is 20.3. The smallest absolute Gasteiger partial charge is 0.305 e. The Morgan fingerprint density at radius 1 is 0.492 bits per heavy atom. The molecule has 0 unspecified atom stereocenters. The first-order valence-corrected chi connectivity index (χ1v) is 42.4. The minimum absolute atomic E-state index is 0.0102. The van der Waals surface area contributed by atoms with E-state index in [1.807, 2.05) is 43.3 Å². The highest BCUT2D eigenvalue weighted by atomic mass is 32.2. The number of amides is 14. The third-order valence-electron chi connectivity index (χ3n) is 21.3. The van der Waals surface area contributed by atoms with E-state index in [0.29, 0.717) is 64.2 Å². The van der Waals surface area contributed by atoms with Crippen LogP contribution in [-0.4, -0.2) is 225 Å². The number of fused-ring (bicyclic) bond motifs is 3. The van der Waals surface area contributed by atoms with E-state index in [9.17, 15) is 63.0 Å². The second kappa shape index (κ2) is 48.3. The number of nitrogens with two attached hydrogens (primary N) is 3. The third-order valence-corrected chi connectivity index (χ3v) is 22.4. The maximum absolute atomic E-state index is 15.2. The normalized spacial score (nSPS) is 23.3. The van der Waals surface area contributed by atoms with Crippen LogP contribution in [0, 0.1) is 23.2 Å². The zero-order chi connectivity index (χ0) is 89.3. The van der Waals surface area contributed by atoms with Crippen LogP contribution in [-0.2, 0) is 91.2 Å². The SMILES string of the molecule is CCCC[C@@H]1NC(=O)[C@H](Cc2c[nH]c3ccccc23)NC(=O)[C@H](CC(=O)O)NC(=O)[C@H](CCCNC(=N)N)NC(=O)CNC(=O)[C@H](CO)NC(=O)[C@H]([C@@H](C)CC)NC(=O)[C@H](Cc2ccc3ccccc3c2)NC(=O)[C@H]([C@@H](C)CC)NC(=O)CSC[C@@H](C(N)=O)NC(=O)[C@H](C(C)C)NC(=O)[C@H](Cc2c[nH]c3ccccc23)NC(=O)[C@H](CCCCN)NC1=O. The van der Waals surface area contributed by atoms with Crippen molar-refractivity contribution in [1.29, 1.82) is 5.41 Å². The van der Waals surface area contributed by atoms with Crippen molar-refractivity contribution in [2.45, 2.75) is 211 Å². The van der Waals surface area contributed by atoms with Crippen LogP contribution in [0.2, 0.25) is 0 Å². The second-order valence-corrected chi connectivity index (χ2v) is 32.0. The van der Waals surface area contributed by atoms with Crippen molar-refractivity contribution in [2.24, 2.45) is 35.0 Å². The Labute approximate surface area is 711 Å². The number of aliphatic hydroxyl groups excluding tert-OH is 1. The maximum atomic E-state index is 15.2. The molecule has 0 saturated carbocycles. The molecule has 25 N–H and O–H groups in total. The molecule has 38 heteroatoms. The molecular formula is C84H118N20O17S. The first-order valence-electron chi connectivity index (χ1n) is 41.2. The fourth-order valence-corrected chi connectivity index (χ4v) is 14.8. The van der Waals surface area contributed by atoms with E-state index in [2.05, 4.69) is 84.4 Å². The van der Waals surface area contributed by atoms with Gasteiger partial charge in [-0.2, -0.15) is 0 Å². The summed E-state index contributed by atoms with van der Waals surface area (Å²) in [6.45, 7) is 10.0. The van der Waals surface area contributed by atoms with E-state index in [1.165, 1.54) is 0 Å². The molecule has 0 radical (unpaired) electrons. The van der Waals surface area contributed by atoms with Gasteiger partial charge in [0.25, 0.3) is 0 Å². The van der Waals surface area contributed by atoms with Crippen molar-refractivity contribution in [1.82, 2.24) is 84.4 Å². The van der Waals surface area contributed by atoms with E-state index in [-0.39, 0.29) is 76.6 Å². The molecule has 0 aliphatic carbocycles. The van der Waals surface area contributed by atoms with Gasteiger partial charge in [-0.05, 0) is 102 Å². The van der Waals surface area contributed by atoms with Gasteiger partial charge in [0.1, 0.15) is 72.5 Å². The van der Waals surface area contributed by atoms with Crippen LogP contribution in [0.15, 0.2) is 103 Å². The van der Waals surface area contributed by atoms with Crippen LogP contribution in [0.1, 0.15) is 136 Å². The lowest BCUT2D eigenvalue weighted by atomic mass is 9.95. The van der Waals surface area contributed by atoms with Gasteiger partial charge in [-0.3, -0.25) is 77.3 Å². The van der Waals surface area contributed by atoms with Gasteiger partial charge in [0, 0.05) is 65.8 Å². The number of hydrogen-bond acceptors (Lipinski definition) is 19. The summed E-state index contributed by atoms with van der Waals surface area (Å²) in [5, 5.41) is 68.3. The van der Waals surface area contributed by atoms with Crippen molar-refractivity contribution in [2.75, 3.05) is 37.7 Å². The number of carboxylic acid groups (broad SMARTS) is 1. The average molecular weight is 1710 g/mol. The Kier molecular flexibility index (Phi) is 38.4. The number of aliphatic hydroxyl groups is 1. The monoisotopic (exact) mass is 1710 g/mol. The van der Waals surface area contributed by atoms with Crippen LogP contribution in [0.25, 0.3) is 32.6 Å². The number of unbranched alkanes of at least 4 members (excludes halogenated alkanes) is 2. The Morgan fingerprint density at radius 3 is 1.48 bits per heavy atom. The number of primary amides is 1. The van der Waals surface area contributed by atoms with Crippen molar-refractivity contribution in [3.05, 3.63) is 120 Å². The number of rotatable bonds is 26. The molecule has 14 atom stereocenters. The molecule has 4 aromatic carbocycles. The number of para-hydroxylation sites is 2. The maximum Gasteiger partial charge on any atom is 0.305 e. The van der Waals surface area contributed by atoms with Crippen LogP contribution >= 0.6 is 11.8 Å². The highest BCUT2D eigenvalue weighted by Gasteiger charge is 2.40. The Bertz CT molecular complexity index is 4670. The first-order chi connectivity index (χ1) is 58.3. The minimum Gasteiger partial charge on any atom is -0.481 e. The van der Waals surface area contributed by atoms with Gasteiger partial charge >= 0.3 is 5.97 Å². The van der Waals surface area contributed by atoms with Crippen molar-refractivity contribution >= 4 is 139 Å². The average Bonchev–Trinajstić information content (AvgIpc) is 0.965. The van der Waals surface area contributed by atoms with Gasteiger partial charge in [-0.25, -0.2) is 0 Å². The molecule has 1 fully saturated rings. The minimum atomic E-state index is -2.00. The first kappa shape index (κ1) is 96.9. The third kappa shape index (κ3) is 29.3. The fourth-order valence-electron chi connectivity index (χ4n) is 13.9. The molecule has 0 bridgehead atoms. The lowest BCUT2D eigenvalue weighted by Gasteiger charge is -2.30. The Morgan fingerprint density at radius 2 is 0.951 bits per heavy atom. The van der Waals surface area contributed by atoms with Gasteiger partial charge in [-0.1, -0.05) is 153 Å². The van der Waals surface area contributed by atoms with Gasteiger partial charge in [0.05, 0.1) is 25.3 Å². The molecule has 14 amide bonds. The number of carboxylic acids is 1. The molecule has 122 heavy (non-hydrogen) atoms. The Hall–Kier alpha value is -12.2. The predicted octanol–water partition coefficient (Wildman–Crippen LogP) is -0.206. The van der Waals surface area contributed by atoms with Crippen LogP contribution in [0.4, 0.5) is 0 Å². The lowest BCUT2D eigenvalue weighted by Crippen LogP contribution is -2.61. The van der Waals surface area contributed by atoms with Crippen molar-refractivity contribution < 1.29 is 82.1 Å². The molecule has 0 spiro atoms. The standard InChI is InChI=1S/C84H118N20O17S/c1-8-11-25-58-75(113)94-59(28-18-19-32-85)76(114)96-62(37-52-40-91-56-27-17-15-24-54(52)56)80(118)103-69(45(4)5)81(119)101-65(72(86)110)43-122-44-67(107)102-70(46(6)9-2)82(120)99-60(35-48-30-31-49-21-12-13-22-50(49)34-48)79(117)104-71(47(7)10-3)83(121)100-64(42-105)73(111)92-41-66(106)93-57(29-20-33-89-84(87)88)74(112)98-63(38-68(108)109)78(116)97-61(77(115)95-58)36-51-39-90-55-26-16-14-23-53(51)55/h12-17,21-24,26-27,30-31,34,39-40,45-47,57-65,69-71,90-91,105H,8-11,18-20,25,28-29,32-33,35-38,41-44,85H2,1-7H3,(H2,86,110)(H,92,111)(H,93,106)(H,94,113)(H,95,115)(H,96,114)(H,97,116)(H,98,112)(H,99,120)(H,100,121)(H,101,119)(H,102,107)(H,103,118)(H,104,117)(H,108,109)(H4,87,88,89)/t46-,47-,57-,58-,59-,60-,61-,62-,63-,64-,65-,69-,70-,71-/m0/s1. The summed E-state index contributed by atoms with van der Waals surface area (Å²) in [4.78, 5) is 223. The van der Waals surface area contributed by atoms with Crippen molar-refractivity contribution in [3.63, 3.8) is 0 Å². The molecule has 37 nitrogen and oxygen atoms in total. The zero-order valence-electron chi connectivity index (χ0n) is 69.8. The van der Waals surface area contributed by atoms with Gasteiger partial charge in [-0.15, -0.1) is 11.8 Å². The summed E-state index contributed by atoms with van der Waals surface area (Å²) in [6.07, 6.45) is 3.04. The van der Waals surface area contributed by atoms with Crippen LogP contribution in [0.5, 0.6) is 0 Å². The summed E-state index contributed by atoms with van der Waals surface area (Å²) in [5.74, 6) is -18.1. The Balaban J connectivity index is 1.27. The van der Waals surface area contributed by atoms with Gasteiger partial charge < -0.3 is 112 Å². The van der Waals surface area contributed by atoms with Gasteiger partial charge in [0.2, 0.25) is 82.7 Å². The molecule has 1 aliphatic heterocycles. The molecule has 3 heterocycles. The number of aliphatic carboxylic acids is 1. The van der Waals surface area contributed by atoms with Crippen LogP contribution < -0.4 is 91.6 Å². The number of aromatic amines is 2. The molecular weight excluding hydrogens is 1590 g/mol. The lowest BCUT2D eigenvalue weighted by molar-refractivity contribution is -0.141. The van der Waals surface area contributed by atoms with Crippen LogP contribution in [0.3, 0.4) is 0 Å². The molecule has 1 saturated heterocycles. The number of guanidine groups is 1. The molecule has 662 valence electrons. The predicted molar refractivity (Wildman–Crippen MR) is 459 cm³/mol. The van der Waals surface area contributed by atoms with E-state index < -0.39 is 210 Å². The van der Waals surface area contributed by atoms with Crippen molar-refractivity contribution in [3.8, 4) is 0 Å². The molecule has 1 aliphatic rings. The quantitative estimate of drug-likeness (QED) is 0.0190. The largest absolute Gasteiger partial charge is 0.481 e. The van der Waals surface area contributed by atoms with E-state index >= 15 is 19.2 Å². The number of carbonyl (C=O) groups excluding carboxylic acids is 14. The van der Waals surface area contributed by atoms with Gasteiger partial charge in [0.15, 0.2) is 5.96 Å². The number of thioether (sulfide) groups is 1. The van der Waals surface area contributed by atoms with E-state index in [4.69, 9.17) is 22.6 Å².